The fraction of sp³-hybridized carbons (Fsp3) is 0.571. The molecular formula is C7H12O2. The average Bonchev–Trinajstić information content (AvgIpc) is 1.89. The number of carbonyl (C=O) groups is 1. The van der Waals surface area contributed by atoms with Crippen LogP contribution in [0.25, 0.3) is 0 Å². The molecule has 0 aliphatic carbocycles. The summed E-state index contributed by atoms with van der Waals surface area (Å²) in [6, 6.07) is 0. The highest BCUT2D eigenvalue weighted by Crippen LogP contribution is 1.97. The Morgan fingerprint density at radius 2 is 2.33 bits per heavy atom. The summed E-state index contributed by atoms with van der Waals surface area (Å²) in [6.07, 6.45) is 2.85. The van der Waals surface area contributed by atoms with Crippen molar-refractivity contribution >= 4 is 6.47 Å². The van der Waals surface area contributed by atoms with Crippen LogP contribution in [0.15, 0.2) is 11.6 Å². The lowest BCUT2D eigenvalue weighted by Crippen LogP contribution is -1.91. The van der Waals surface area contributed by atoms with Crippen LogP contribution in [0.5, 0.6) is 0 Å². The van der Waals surface area contributed by atoms with Crippen molar-refractivity contribution in [3.63, 3.8) is 0 Å². The lowest BCUT2D eigenvalue weighted by atomic mass is 10.2. The van der Waals surface area contributed by atoms with E-state index < -0.39 is 0 Å². The zero-order chi connectivity index (χ0) is 7.11. The summed E-state index contributed by atoms with van der Waals surface area (Å²) in [5, 5.41) is 0. The molecule has 0 heterocycles. The van der Waals surface area contributed by atoms with Crippen molar-refractivity contribution in [2.24, 2.45) is 0 Å². The van der Waals surface area contributed by atoms with Gasteiger partial charge in [0.25, 0.3) is 6.47 Å². The summed E-state index contributed by atoms with van der Waals surface area (Å²) >= 11 is 0. The molecule has 52 valence electrons. The molecule has 0 unspecified atom stereocenters. The average molecular weight is 128 g/mol. The molecule has 9 heavy (non-hydrogen) atoms. The predicted molar refractivity (Wildman–Crippen MR) is 36.1 cm³/mol. The van der Waals surface area contributed by atoms with Gasteiger partial charge in [-0.3, -0.25) is 4.79 Å². The van der Waals surface area contributed by atoms with E-state index in [1.807, 2.05) is 19.9 Å². The Hall–Kier alpha value is -0.790. The zero-order valence-corrected chi connectivity index (χ0v) is 5.89. The summed E-state index contributed by atoms with van der Waals surface area (Å²) in [4.78, 5) is 9.63. The Bertz CT molecular complexity index is 105. The van der Waals surface area contributed by atoms with Gasteiger partial charge in [-0.15, -0.1) is 0 Å². The molecule has 0 spiro atoms. The van der Waals surface area contributed by atoms with E-state index in [1.54, 1.807) is 0 Å². The Kier molecular flexibility index (Phi) is 4.88. The van der Waals surface area contributed by atoms with Gasteiger partial charge in [0.2, 0.25) is 0 Å². The molecule has 2 nitrogen and oxygen atoms in total. The normalized spacial score (nSPS) is 11.1. The van der Waals surface area contributed by atoms with Crippen LogP contribution in [0.2, 0.25) is 0 Å². The molecule has 0 aromatic heterocycles. The standard InChI is InChI=1S/C7H12O2/c1-3-7(2)4-5-9-6-8/h3,6H,4-5H2,1-2H3. The molecule has 0 saturated carbocycles. The minimum atomic E-state index is 0.475. The van der Waals surface area contributed by atoms with Crippen LogP contribution < -0.4 is 0 Å². The van der Waals surface area contributed by atoms with Crippen LogP contribution in [0.4, 0.5) is 0 Å². The second-order valence-electron chi connectivity index (χ2n) is 1.85. The molecule has 0 amide bonds. The Labute approximate surface area is 55.5 Å². The molecule has 0 aliphatic rings. The van der Waals surface area contributed by atoms with Gasteiger partial charge < -0.3 is 4.74 Å². The molecule has 0 rings (SSSR count). The van der Waals surface area contributed by atoms with Gasteiger partial charge in [0.15, 0.2) is 0 Å². The smallest absolute Gasteiger partial charge is 0.293 e. The van der Waals surface area contributed by atoms with Gasteiger partial charge in [0.1, 0.15) is 0 Å². The molecule has 0 aromatic rings. The van der Waals surface area contributed by atoms with Gasteiger partial charge in [0, 0.05) is 6.42 Å². The van der Waals surface area contributed by atoms with Crippen LogP contribution in [-0.2, 0) is 9.53 Å². The minimum Gasteiger partial charge on any atom is -0.468 e. The Morgan fingerprint density at radius 1 is 1.67 bits per heavy atom. The zero-order valence-electron chi connectivity index (χ0n) is 5.89. The third kappa shape index (κ3) is 5.07. The molecule has 0 radical (unpaired) electrons. The quantitative estimate of drug-likeness (QED) is 0.326. The van der Waals surface area contributed by atoms with Crippen molar-refractivity contribution in [1.82, 2.24) is 0 Å². The third-order valence-corrected chi connectivity index (χ3v) is 1.18. The maximum atomic E-state index is 9.63. The first-order valence-corrected chi connectivity index (χ1v) is 2.98. The fourth-order valence-electron chi connectivity index (χ4n) is 0.412. The van der Waals surface area contributed by atoms with Crippen LogP contribution in [-0.4, -0.2) is 13.1 Å². The second-order valence-corrected chi connectivity index (χ2v) is 1.85. The minimum absolute atomic E-state index is 0.475. The highest BCUT2D eigenvalue weighted by atomic mass is 16.5. The topological polar surface area (TPSA) is 26.3 Å². The molecule has 2 heteroatoms. The monoisotopic (exact) mass is 128 g/mol. The summed E-state index contributed by atoms with van der Waals surface area (Å²) in [6.45, 7) is 4.95. The first-order valence-electron chi connectivity index (χ1n) is 2.98. The molecule has 0 N–H and O–H groups in total. The van der Waals surface area contributed by atoms with Crippen molar-refractivity contribution in [3.05, 3.63) is 11.6 Å². The maximum absolute atomic E-state index is 9.63. The molecule has 0 bridgehead atoms. The second kappa shape index (κ2) is 5.35. The SMILES string of the molecule is CC=C(C)CCOC=O. The predicted octanol–water partition coefficient (Wildman–Crippen LogP) is 1.52. The van der Waals surface area contributed by atoms with Gasteiger partial charge in [-0.1, -0.05) is 11.6 Å². The molecular weight excluding hydrogens is 116 g/mol. The third-order valence-electron chi connectivity index (χ3n) is 1.18. The van der Waals surface area contributed by atoms with Gasteiger partial charge >= 0.3 is 0 Å². The first-order chi connectivity index (χ1) is 4.31. The number of carbonyl (C=O) groups excluding carboxylic acids is 1. The van der Waals surface area contributed by atoms with Crippen LogP contribution in [0.1, 0.15) is 20.3 Å². The summed E-state index contributed by atoms with van der Waals surface area (Å²) < 4.78 is 4.48. The van der Waals surface area contributed by atoms with Crippen molar-refractivity contribution in [1.29, 1.82) is 0 Å². The first kappa shape index (κ1) is 8.21. The van der Waals surface area contributed by atoms with Gasteiger partial charge in [0.05, 0.1) is 6.61 Å². The number of hydrogen-bond donors (Lipinski definition) is 0. The Balaban J connectivity index is 3.17. The molecule has 0 aliphatic heterocycles. The molecule has 0 aromatic carbocycles. The summed E-state index contributed by atoms with van der Waals surface area (Å²) in [7, 11) is 0. The highest BCUT2D eigenvalue weighted by Gasteiger charge is 1.86. The van der Waals surface area contributed by atoms with Gasteiger partial charge in [-0.25, -0.2) is 0 Å². The van der Waals surface area contributed by atoms with Crippen molar-refractivity contribution in [2.45, 2.75) is 20.3 Å². The van der Waals surface area contributed by atoms with E-state index in [0.717, 1.165) is 6.42 Å². The van der Waals surface area contributed by atoms with Crippen LogP contribution in [0.3, 0.4) is 0 Å². The maximum Gasteiger partial charge on any atom is 0.293 e. The number of rotatable bonds is 4. The number of hydrogen-bond acceptors (Lipinski definition) is 2. The molecule has 0 fully saturated rings. The number of allylic oxidation sites excluding steroid dienone is 1. The lowest BCUT2D eigenvalue weighted by Gasteiger charge is -1.96. The van der Waals surface area contributed by atoms with Crippen molar-refractivity contribution in [3.8, 4) is 0 Å². The van der Waals surface area contributed by atoms with Crippen LogP contribution >= 0.6 is 0 Å². The van der Waals surface area contributed by atoms with Gasteiger partial charge in [-0.2, -0.15) is 0 Å². The molecule has 0 atom stereocenters. The largest absolute Gasteiger partial charge is 0.468 e. The fourth-order valence-corrected chi connectivity index (χ4v) is 0.412. The summed E-state index contributed by atoms with van der Waals surface area (Å²) in [5.74, 6) is 0. The van der Waals surface area contributed by atoms with Crippen LogP contribution in [0, 0.1) is 0 Å². The van der Waals surface area contributed by atoms with E-state index in [0.29, 0.717) is 13.1 Å². The number of ether oxygens (including phenoxy) is 1. The summed E-state index contributed by atoms with van der Waals surface area (Å²) in [5.41, 5.74) is 1.25. The van der Waals surface area contributed by atoms with E-state index in [4.69, 9.17) is 0 Å². The lowest BCUT2D eigenvalue weighted by molar-refractivity contribution is -0.128. The van der Waals surface area contributed by atoms with Gasteiger partial charge in [-0.05, 0) is 13.8 Å². The van der Waals surface area contributed by atoms with E-state index in [9.17, 15) is 4.79 Å². The highest BCUT2D eigenvalue weighted by molar-refractivity contribution is 5.36. The van der Waals surface area contributed by atoms with E-state index in [1.165, 1.54) is 5.57 Å². The molecule has 0 saturated heterocycles. The Morgan fingerprint density at radius 3 is 2.78 bits per heavy atom. The van der Waals surface area contributed by atoms with Crippen molar-refractivity contribution < 1.29 is 9.53 Å². The van der Waals surface area contributed by atoms with Crippen molar-refractivity contribution in [2.75, 3.05) is 6.61 Å². The van der Waals surface area contributed by atoms with E-state index in [-0.39, 0.29) is 0 Å². The van der Waals surface area contributed by atoms with E-state index >= 15 is 0 Å². The van der Waals surface area contributed by atoms with E-state index in [2.05, 4.69) is 4.74 Å².